The zero-order valence-corrected chi connectivity index (χ0v) is 9.78. The van der Waals surface area contributed by atoms with Gasteiger partial charge in [0.25, 0.3) is 0 Å². The fourth-order valence-corrected chi connectivity index (χ4v) is 2.09. The van der Waals surface area contributed by atoms with Gasteiger partial charge in [-0.3, -0.25) is 0 Å². The molecule has 0 saturated carbocycles. The van der Waals surface area contributed by atoms with E-state index in [1.807, 2.05) is 11.8 Å². The lowest BCUT2D eigenvalue weighted by Crippen LogP contribution is -1.95. The molecule has 2 heteroatoms. The molecule has 1 unspecified atom stereocenters. The van der Waals surface area contributed by atoms with Gasteiger partial charge in [0.2, 0.25) is 0 Å². The highest BCUT2D eigenvalue weighted by atomic mass is 79.9. The average Bonchev–Trinajstić information content (AvgIpc) is 2.06. The molecular formula is C10H13BrS. The van der Waals surface area contributed by atoms with Gasteiger partial charge in [0.05, 0.1) is 0 Å². The van der Waals surface area contributed by atoms with Crippen molar-refractivity contribution in [1.82, 2.24) is 0 Å². The number of halogens is 1. The van der Waals surface area contributed by atoms with E-state index in [9.17, 15) is 0 Å². The van der Waals surface area contributed by atoms with Crippen LogP contribution in [0.1, 0.15) is 18.4 Å². The lowest BCUT2D eigenvalue weighted by atomic mass is 10.0. The normalized spacial score (nSPS) is 12.9. The topological polar surface area (TPSA) is 0 Å². The summed E-state index contributed by atoms with van der Waals surface area (Å²) in [4.78, 5) is 0. The molecule has 0 nitrogen and oxygen atoms in total. The second-order valence-corrected chi connectivity index (χ2v) is 4.73. The molecule has 0 radical (unpaired) electrons. The molecule has 0 aliphatic heterocycles. The predicted molar refractivity (Wildman–Crippen MR) is 60.9 cm³/mol. The van der Waals surface area contributed by atoms with Gasteiger partial charge in [-0.05, 0) is 35.6 Å². The van der Waals surface area contributed by atoms with Gasteiger partial charge in [0.1, 0.15) is 0 Å². The number of benzene rings is 1. The van der Waals surface area contributed by atoms with Gasteiger partial charge in [-0.25, -0.2) is 0 Å². The molecule has 1 aromatic carbocycles. The van der Waals surface area contributed by atoms with Crippen LogP contribution < -0.4 is 0 Å². The van der Waals surface area contributed by atoms with Crippen LogP contribution in [0, 0.1) is 0 Å². The lowest BCUT2D eigenvalue weighted by Gasteiger charge is -2.09. The summed E-state index contributed by atoms with van der Waals surface area (Å²) < 4.78 is 1.16. The monoisotopic (exact) mass is 244 g/mol. The van der Waals surface area contributed by atoms with Gasteiger partial charge < -0.3 is 0 Å². The third-order valence-corrected chi connectivity index (χ3v) is 3.22. The highest BCUT2D eigenvalue weighted by Gasteiger charge is 2.02. The molecule has 1 aromatic rings. The summed E-state index contributed by atoms with van der Waals surface area (Å²) >= 11 is 5.33. The van der Waals surface area contributed by atoms with E-state index in [-0.39, 0.29) is 0 Å². The van der Waals surface area contributed by atoms with Crippen LogP contribution in [0.5, 0.6) is 0 Å². The van der Waals surface area contributed by atoms with Crippen molar-refractivity contribution in [2.75, 3.05) is 12.0 Å². The molecule has 0 spiro atoms. The first-order chi connectivity index (χ1) is 5.74. The number of thioether (sulfide) groups is 1. The van der Waals surface area contributed by atoms with Crippen LogP contribution in [0.2, 0.25) is 0 Å². The summed E-state index contributed by atoms with van der Waals surface area (Å²) in [6.45, 7) is 2.26. The SMILES string of the molecule is CSCC(C)c1ccc(Br)cc1. The standard InChI is InChI=1S/C10H13BrS/c1-8(7-12-2)9-3-5-10(11)6-4-9/h3-6,8H,7H2,1-2H3. The van der Waals surface area contributed by atoms with E-state index in [1.54, 1.807) is 0 Å². The van der Waals surface area contributed by atoms with Crippen molar-refractivity contribution in [3.8, 4) is 0 Å². The third kappa shape index (κ3) is 2.83. The number of hydrogen-bond donors (Lipinski definition) is 0. The zero-order valence-electron chi connectivity index (χ0n) is 7.38. The number of rotatable bonds is 3. The van der Waals surface area contributed by atoms with Gasteiger partial charge in [0, 0.05) is 4.47 Å². The Balaban J connectivity index is 2.68. The zero-order chi connectivity index (χ0) is 8.97. The summed E-state index contributed by atoms with van der Waals surface area (Å²) in [6.07, 6.45) is 2.15. The van der Waals surface area contributed by atoms with E-state index in [1.165, 1.54) is 11.3 Å². The van der Waals surface area contributed by atoms with Gasteiger partial charge in [0.15, 0.2) is 0 Å². The highest BCUT2D eigenvalue weighted by molar-refractivity contribution is 9.10. The van der Waals surface area contributed by atoms with E-state index in [2.05, 4.69) is 53.4 Å². The van der Waals surface area contributed by atoms with Crippen LogP contribution in [0.4, 0.5) is 0 Å². The van der Waals surface area contributed by atoms with Crippen molar-refractivity contribution in [2.24, 2.45) is 0 Å². The Bertz CT molecular complexity index is 230. The van der Waals surface area contributed by atoms with Crippen molar-refractivity contribution in [1.29, 1.82) is 0 Å². The minimum Gasteiger partial charge on any atom is -0.165 e. The fraction of sp³-hybridized carbons (Fsp3) is 0.400. The van der Waals surface area contributed by atoms with Gasteiger partial charge in [-0.2, -0.15) is 11.8 Å². The second-order valence-electron chi connectivity index (χ2n) is 2.91. The van der Waals surface area contributed by atoms with E-state index in [0.29, 0.717) is 5.92 Å². The predicted octanol–water partition coefficient (Wildman–Crippen LogP) is 3.92. The van der Waals surface area contributed by atoms with E-state index in [0.717, 1.165) is 4.47 Å². The Morgan fingerprint density at radius 1 is 1.33 bits per heavy atom. The molecular weight excluding hydrogens is 232 g/mol. The molecule has 0 saturated heterocycles. The van der Waals surface area contributed by atoms with Crippen LogP contribution in [-0.2, 0) is 0 Å². The van der Waals surface area contributed by atoms with E-state index < -0.39 is 0 Å². The molecule has 1 atom stereocenters. The smallest absolute Gasteiger partial charge is 0.0175 e. The fourth-order valence-electron chi connectivity index (χ4n) is 1.14. The van der Waals surface area contributed by atoms with Crippen molar-refractivity contribution in [2.45, 2.75) is 12.8 Å². The molecule has 0 aliphatic rings. The maximum absolute atomic E-state index is 3.43. The quantitative estimate of drug-likeness (QED) is 0.777. The highest BCUT2D eigenvalue weighted by Crippen LogP contribution is 2.20. The van der Waals surface area contributed by atoms with Gasteiger partial charge in [-0.1, -0.05) is 35.0 Å². The second kappa shape index (κ2) is 4.93. The summed E-state index contributed by atoms with van der Waals surface area (Å²) in [7, 11) is 0. The molecule has 66 valence electrons. The molecule has 0 aromatic heterocycles. The summed E-state index contributed by atoms with van der Waals surface area (Å²) in [6, 6.07) is 8.58. The largest absolute Gasteiger partial charge is 0.165 e. The van der Waals surface area contributed by atoms with Crippen molar-refractivity contribution in [3.05, 3.63) is 34.3 Å². The number of hydrogen-bond acceptors (Lipinski definition) is 1. The Hall–Kier alpha value is 0.0500. The Kier molecular flexibility index (Phi) is 4.16. The molecule has 0 N–H and O–H groups in total. The summed E-state index contributed by atoms with van der Waals surface area (Å²) in [5.41, 5.74) is 1.42. The van der Waals surface area contributed by atoms with Crippen LogP contribution in [0.15, 0.2) is 28.7 Å². The van der Waals surface area contributed by atoms with Crippen LogP contribution in [0.3, 0.4) is 0 Å². The van der Waals surface area contributed by atoms with E-state index >= 15 is 0 Å². The maximum Gasteiger partial charge on any atom is 0.0175 e. The molecule has 0 bridgehead atoms. The maximum atomic E-state index is 3.43. The summed E-state index contributed by atoms with van der Waals surface area (Å²) in [5.74, 6) is 1.86. The van der Waals surface area contributed by atoms with Crippen molar-refractivity contribution in [3.63, 3.8) is 0 Å². The third-order valence-electron chi connectivity index (χ3n) is 1.86. The Morgan fingerprint density at radius 3 is 2.42 bits per heavy atom. The lowest BCUT2D eigenvalue weighted by molar-refractivity contribution is 0.881. The molecule has 0 amide bonds. The Labute approximate surface area is 86.9 Å². The van der Waals surface area contributed by atoms with Crippen molar-refractivity contribution >= 4 is 27.7 Å². The van der Waals surface area contributed by atoms with Crippen LogP contribution in [0.25, 0.3) is 0 Å². The average molecular weight is 245 g/mol. The molecule has 0 fully saturated rings. The molecule has 0 aliphatic carbocycles. The molecule has 0 heterocycles. The van der Waals surface area contributed by atoms with Crippen LogP contribution in [-0.4, -0.2) is 12.0 Å². The van der Waals surface area contributed by atoms with Crippen molar-refractivity contribution < 1.29 is 0 Å². The van der Waals surface area contributed by atoms with Gasteiger partial charge >= 0.3 is 0 Å². The first-order valence-corrected chi connectivity index (χ1v) is 6.17. The van der Waals surface area contributed by atoms with Gasteiger partial charge in [-0.15, -0.1) is 0 Å². The first kappa shape index (κ1) is 10.1. The van der Waals surface area contributed by atoms with E-state index in [4.69, 9.17) is 0 Å². The first-order valence-electron chi connectivity index (χ1n) is 3.98. The minimum atomic E-state index is 0.660. The molecule has 12 heavy (non-hydrogen) atoms. The summed E-state index contributed by atoms with van der Waals surface area (Å²) in [5, 5.41) is 0. The van der Waals surface area contributed by atoms with Crippen LogP contribution >= 0.6 is 27.7 Å². The minimum absolute atomic E-state index is 0.660. The molecule has 1 rings (SSSR count). The Morgan fingerprint density at radius 2 is 1.92 bits per heavy atom.